The molecule has 7 heteroatoms. The van der Waals surface area contributed by atoms with E-state index in [1.54, 1.807) is 18.5 Å². The van der Waals surface area contributed by atoms with Crippen LogP contribution < -0.4 is 5.73 Å². The summed E-state index contributed by atoms with van der Waals surface area (Å²) in [5, 5.41) is 0.427. The van der Waals surface area contributed by atoms with E-state index in [2.05, 4.69) is 15.0 Å². The summed E-state index contributed by atoms with van der Waals surface area (Å²) >= 11 is 5.94. The molecule has 1 aliphatic rings. The number of rotatable bonds is 6. The molecule has 0 aliphatic carbocycles. The van der Waals surface area contributed by atoms with Crippen LogP contribution in [0.2, 0.25) is 5.15 Å². The van der Waals surface area contributed by atoms with Gasteiger partial charge in [-0.3, -0.25) is 14.8 Å². The van der Waals surface area contributed by atoms with E-state index in [1.165, 1.54) is 6.20 Å². The predicted molar refractivity (Wildman–Crippen MR) is 105 cm³/mol. The van der Waals surface area contributed by atoms with E-state index in [4.69, 9.17) is 17.3 Å². The van der Waals surface area contributed by atoms with Crippen molar-refractivity contribution >= 4 is 40.3 Å². The van der Waals surface area contributed by atoms with E-state index in [0.717, 1.165) is 49.0 Å². The van der Waals surface area contributed by atoms with Gasteiger partial charge in [-0.2, -0.15) is 0 Å². The van der Waals surface area contributed by atoms with Gasteiger partial charge in [-0.1, -0.05) is 11.6 Å². The molecule has 0 radical (unpaired) electrons. The number of piperidine rings is 1. The van der Waals surface area contributed by atoms with Crippen LogP contribution in [-0.4, -0.2) is 46.6 Å². The minimum atomic E-state index is 0.260. The standard InChI is InChI=1S/C19H22ClN5O/c20-18-6-5-16-17(24-18)10-14(13-23-16)15(11-21)12-22-7-3-9-25-8-2-1-4-19(25)26/h5-6,10-13H,1-4,7-9,21H2. The Morgan fingerprint density at radius 2 is 2.23 bits per heavy atom. The summed E-state index contributed by atoms with van der Waals surface area (Å²) in [5.74, 6) is 0.260. The molecule has 1 aliphatic heterocycles. The van der Waals surface area contributed by atoms with Crippen LogP contribution in [0.15, 0.2) is 35.6 Å². The molecule has 1 fully saturated rings. The second-order valence-corrected chi connectivity index (χ2v) is 6.63. The summed E-state index contributed by atoms with van der Waals surface area (Å²) in [4.78, 5) is 26.8. The number of hydrogen-bond donors (Lipinski definition) is 1. The monoisotopic (exact) mass is 371 g/mol. The Kier molecular flexibility index (Phi) is 6.17. The fourth-order valence-corrected chi connectivity index (χ4v) is 3.12. The van der Waals surface area contributed by atoms with Crippen LogP contribution >= 0.6 is 11.6 Å². The van der Waals surface area contributed by atoms with Gasteiger partial charge >= 0.3 is 0 Å². The first-order chi connectivity index (χ1) is 12.7. The van der Waals surface area contributed by atoms with Crippen LogP contribution in [0.4, 0.5) is 0 Å². The topological polar surface area (TPSA) is 84.5 Å². The minimum absolute atomic E-state index is 0.260. The third kappa shape index (κ3) is 4.58. The molecule has 0 unspecified atom stereocenters. The van der Waals surface area contributed by atoms with Crippen LogP contribution in [-0.2, 0) is 4.79 Å². The number of hydrogen-bond acceptors (Lipinski definition) is 5. The zero-order valence-corrected chi connectivity index (χ0v) is 15.3. The van der Waals surface area contributed by atoms with Gasteiger partial charge in [0.25, 0.3) is 0 Å². The number of allylic oxidation sites excluding steroid dienone is 1. The van der Waals surface area contributed by atoms with E-state index in [1.807, 2.05) is 17.0 Å². The van der Waals surface area contributed by atoms with E-state index in [-0.39, 0.29) is 5.91 Å². The van der Waals surface area contributed by atoms with E-state index in [0.29, 0.717) is 23.6 Å². The Labute approximate surface area is 157 Å². The number of nitrogens with two attached hydrogens (primary N) is 1. The molecular formula is C19H22ClN5O. The third-order valence-corrected chi connectivity index (χ3v) is 4.59. The van der Waals surface area contributed by atoms with E-state index >= 15 is 0 Å². The summed E-state index contributed by atoms with van der Waals surface area (Å²) in [5.41, 5.74) is 8.85. The molecule has 0 spiro atoms. The van der Waals surface area contributed by atoms with Gasteiger partial charge in [0.1, 0.15) is 5.15 Å². The molecule has 2 aromatic heterocycles. The second-order valence-electron chi connectivity index (χ2n) is 6.24. The maximum Gasteiger partial charge on any atom is 0.222 e. The lowest BCUT2D eigenvalue weighted by molar-refractivity contribution is -0.133. The van der Waals surface area contributed by atoms with E-state index < -0.39 is 0 Å². The Hall–Kier alpha value is -2.47. The number of nitrogens with zero attached hydrogens (tertiary/aromatic N) is 4. The molecule has 0 saturated carbocycles. The molecule has 6 nitrogen and oxygen atoms in total. The lowest BCUT2D eigenvalue weighted by Gasteiger charge is -2.26. The first-order valence-corrected chi connectivity index (χ1v) is 9.17. The quantitative estimate of drug-likeness (QED) is 0.480. The van der Waals surface area contributed by atoms with Gasteiger partial charge in [-0.15, -0.1) is 0 Å². The number of aromatic nitrogens is 2. The molecular weight excluding hydrogens is 350 g/mol. The average molecular weight is 372 g/mol. The fourth-order valence-electron chi connectivity index (χ4n) is 2.97. The Bertz CT molecular complexity index is 849. The summed E-state index contributed by atoms with van der Waals surface area (Å²) in [6.45, 7) is 2.28. The summed E-state index contributed by atoms with van der Waals surface area (Å²) in [7, 11) is 0. The lowest BCUT2D eigenvalue weighted by Crippen LogP contribution is -2.36. The molecule has 3 rings (SSSR count). The van der Waals surface area contributed by atoms with Gasteiger partial charge < -0.3 is 10.6 Å². The molecule has 3 heterocycles. The normalized spacial score (nSPS) is 16.0. The Balaban J connectivity index is 1.58. The van der Waals surface area contributed by atoms with Gasteiger partial charge in [0.15, 0.2) is 0 Å². The van der Waals surface area contributed by atoms with Crippen molar-refractivity contribution < 1.29 is 4.79 Å². The van der Waals surface area contributed by atoms with Crippen molar-refractivity contribution in [2.24, 2.45) is 10.7 Å². The minimum Gasteiger partial charge on any atom is -0.404 e. The zero-order valence-electron chi connectivity index (χ0n) is 14.6. The van der Waals surface area contributed by atoms with Crippen molar-refractivity contribution in [2.45, 2.75) is 25.7 Å². The van der Waals surface area contributed by atoms with Gasteiger partial charge in [0.05, 0.1) is 11.0 Å². The molecule has 1 saturated heterocycles. The summed E-state index contributed by atoms with van der Waals surface area (Å²) < 4.78 is 0. The summed E-state index contributed by atoms with van der Waals surface area (Å²) in [6.07, 6.45) is 8.62. The Morgan fingerprint density at radius 1 is 1.35 bits per heavy atom. The SMILES string of the molecule is NC=C(C=NCCCN1CCCCC1=O)c1cnc2ccc(Cl)nc2c1. The third-order valence-electron chi connectivity index (χ3n) is 4.38. The maximum absolute atomic E-state index is 11.8. The highest BCUT2D eigenvalue weighted by Crippen LogP contribution is 2.18. The van der Waals surface area contributed by atoms with Crippen LogP contribution in [0.25, 0.3) is 16.6 Å². The molecule has 136 valence electrons. The molecule has 26 heavy (non-hydrogen) atoms. The number of aliphatic imine (C=N–C) groups is 1. The Morgan fingerprint density at radius 3 is 3.04 bits per heavy atom. The van der Waals surface area contributed by atoms with E-state index in [9.17, 15) is 4.79 Å². The van der Waals surface area contributed by atoms with Crippen LogP contribution in [0.3, 0.4) is 0 Å². The van der Waals surface area contributed by atoms with Crippen LogP contribution in [0.1, 0.15) is 31.2 Å². The predicted octanol–water partition coefficient (Wildman–Crippen LogP) is 3.06. The molecule has 0 atom stereocenters. The molecule has 2 aromatic rings. The number of pyridine rings is 2. The van der Waals surface area contributed by atoms with Crippen LogP contribution in [0.5, 0.6) is 0 Å². The zero-order chi connectivity index (χ0) is 18.4. The number of halogens is 1. The highest BCUT2D eigenvalue weighted by molar-refractivity contribution is 6.29. The number of carbonyl (C=O) groups is 1. The number of fused-ring (bicyclic) bond motifs is 1. The van der Waals surface area contributed by atoms with Crippen LogP contribution in [0, 0.1) is 0 Å². The van der Waals surface area contributed by atoms with Crippen molar-refractivity contribution in [3.8, 4) is 0 Å². The first kappa shape index (κ1) is 18.3. The largest absolute Gasteiger partial charge is 0.404 e. The van der Waals surface area contributed by atoms with Crippen molar-refractivity contribution in [3.63, 3.8) is 0 Å². The van der Waals surface area contributed by atoms with Gasteiger partial charge in [0, 0.05) is 55.8 Å². The van der Waals surface area contributed by atoms with Crippen molar-refractivity contribution in [2.75, 3.05) is 19.6 Å². The van der Waals surface area contributed by atoms with Crippen molar-refractivity contribution in [1.29, 1.82) is 0 Å². The average Bonchev–Trinajstić information content (AvgIpc) is 2.65. The molecule has 2 N–H and O–H groups in total. The molecule has 0 bridgehead atoms. The number of amides is 1. The first-order valence-electron chi connectivity index (χ1n) is 8.79. The number of carbonyl (C=O) groups excluding carboxylic acids is 1. The highest BCUT2D eigenvalue weighted by atomic mass is 35.5. The number of likely N-dealkylation sites (tertiary alicyclic amines) is 1. The lowest BCUT2D eigenvalue weighted by atomic mass is 10.1. The second kappa shape index (κ2) is 8.76. The fraction of sp³-hybridized carbons (Fsp3) is 0.368. The smallest absolute Gasteiger partial charge is 0.222 e. The molecule has 0 aromatic carbocycles. The van der Waals surface area contributed by atoms with Crippen molar-refractivity contribution in [1.82, 2.24) is 14.9 Å². The van der Waals surface area contributed by atoms with Gasteiger partial charge in [0.2, 0.25) is 5.91 Å². The maximum atomic E-state index is 11.8. The molecule has 1 amide bonds. The van der Waals surface area contributed by atoms with Gasteiger partial charge in [-0.05, 0) is 37.5 Å². The van der Waals surface area contributed by atoms with Gasteiger partial charge in [-0.25, -0.2) is 4.98 Å². The highest BCUT2D eigenvalue weighted by Gasteiger charge is 2.16. The van der Waals surface area contributed by atoms with Crippen molar-refractivity contribution in [3.05, 3.63) is 41.3 Å². The summed E-state index contributed by atoms with van der Waals surface area (Å²) in [6, 6.07) is 5.44.